The van der Waals surface area contributed by atoms with Gasteiger partial charge in [-0.15, -0.1) is 10.2 Å². The minimum absolute atomic E-state index is 0.143. The zero-order valence-electron chi connectivity index (χ0n) is 17.0. The molecule has 9 heteroatoms. The van der Waals surface area contributed by atoms with Crippen molar-refractivity contribution in [2.75, 3.05) is 16.4 Å². The van der Waals surface area contributed by atoms with Crippen LogP contribution in [-0.4, -0.2) is 32.3 Å². The van der Waals surface area contributed by atoms with Gasteiger partial charge in [-0.3, -0.25) is 9.59 Å². The van der Waals surface area contributed by atoms with Gasteiger partial charge in [0.1, 0.15) is 12.4 Å². The Kier molecular flexibility index (Phi) is 7.08. The molecule has 156 valence electrons. The number of aryl methyl sites for hydroxylation is 1. The molecule has 0 unspecified atom stereocenters. The van der Waals surface area contributed by atoms with Crippen molar-refractivity contribution in [2.24, 2.45) is 7.05 Å². The molecule has 2 N–H and O–H groups in total. The molecule has 0 atom stereocenters. The molecular formula is C21H23N5O3S. The van der Waals surface area contributed by atoms with Gasteiger partial charge in [0.25, 0.3) is 0 Å². The van der Waals surface area contributed by atoms with Crippen LogP contribution in [0.5, 0.6) is 5.75 Å². The van der Waals surface area contributed by atoms with E-state index in [0.717, 1.165) is 5.75 Å². The third kappa shape index (κ3) is 6.08. The summed E-state index contributed by atoms with van der Waals surface area (Å²) in [5.74, 6) is 1.33. The van der Waals surface area contributed by atoms with Crippen molar-refractivity contribution in [1.82, 2.24) is 14.8 Å². The maximum absolute atomic E-state index is 12.2. The molecule has 3 rings (SSSR count). The summed E-state index contributed by atoms with van der Waals surface area (Å²) in [5, 5.41) is 14.4. The molecule has 0 fully saturated rings. The van der Waals surface area contributed by atoms with Crippen molar-refractivity contribution in [2.45, 2.75) is 25.6 Å². The Morgan fingerprint density at radius 1 is 1.00 bits per heavy atom. The van der Waals surface area contributed by atoms with Crippen LogP contribution >= 0.6 is 11.8 Å². The Hall–Kier alpha value is -3.33. The quantitative estimate of drug-likeness (QED) is 0.537. The number of hydrogen-bond acceptors (Lipinski definition) is 6. The summed E-state index contributed by atoms with van der Waals surface area (Å²) < 4.78 is 7.56. The van der Waals surface area contributed by atoms with E-state index in [9.17, 15) is 9.59 Å². The number of amides is 2. The predicted octanol–water partition coefficient (Wildman–Crippen LogP) is 3.39. The van der Waals surface area contributed by atoms with Crippen LogP contribution < -0.4 is 15.4 Å². The molecule has 0 aliphatic rings. The summed E-state index contributed by atoms with van der Waals surface area (Å²) in [4.78, 5) is 23.3. The normalized spacial score (nSPS) is 10.5. The first-order chi connectivity index (χ1) is 14.4. The Morgan fingerprint density at radius 3 is 2.27 bits per heavy atom. The molecule has 0 spiro atoms. The topological polar surface area (TPSA) is 98.1 Å². The van der Waals surface area contributed by atoms with E-state index in [1.54, 1.807) is 24.3 Å². The van der Waals surface area contributed by atoms with E-state index in [1.165, 1.54) is 24.2 Å². The van der Waals surface area contributed by atoms with E-state index in [4.69, 9.17) is 4.74 Å². The number of anilines is 2. The van der Waals surface area contributed by atoms with E-state index in [1.807, 2.05) is 42.8 Å². The second kappa shape index (κ2) is 9.93. The highest BCUT2D eigenvalue weighted by molar-refractivity contribution is 7.99. The molecule has 30 heavy (non-hydrogen) atoms. The molecule has 0 bridgehead atoms. The second-order valence-corrected chi connectivity index (χ2v) is 7.60. The van der Waals surface area contributed by atoms with Crippen molar-refractivity contribution in [1.29, 1.82) is 0 Å². The third-order valence-corrected chi connectivity index (χ3v) is 5.16. The summed E-state index contributed by atoms with van der Waals surface area (Å²) in [6.07, 6.45) is 0. The third-order valence-electron chi connectivity index (χ3n) is 4.14. The monoisotopic (exact) mass is 425 g/mol. The zero-order chi connectivity index (χ0) is 21.5. The van der Waals surface area contributed by atoms with E-state index < -0.39 is 0 Å². The van der Waals surface area contributed by atoms with Crippen molar-refractivity contribution in [3.63, 3.8) is 0 Å². The van der Waals surface area contributed by atoms with Gasteiger partial charge in [0.2, 0.25) is 11.8 Å². The summed E-state index contributed by atoms with van der Waals surface area (Å²) in [6.45, 7) is 3.76. The van der Waals surface area contributed by atoms with Crippen LogP contribution in [0.15, 0.2) is 53.7 Å². The lowest BCUT2D eigenvalue weighted by molar-refractivity contribution is -0.114. The Labute approximate surface area is 179 Å². The van der Waals surface area contributed by atoms with Gasteiger partial charge in [-0.1, -0.05) is 29.5 Å². The van der Waals surface area contributed by atoms with Gasteiger partial charge in [0.15, 0.2) is 11.0 Å². The van der Waals surface area contributed by atoms with Gasteiger partial charge in [-0.2, -0.15) is 0 Å². The SMILES string of the molecule is CC(=O)Nc1ccc(NC(=O)CSc2nnc(COc3ccc(C)cc3)n2C)cc1. The molecule has 1 aromatic heterocycles. The minimum atomic E-state index is -0.160. The molecule has 0 saturated carbocycles. The molecule has 0 aliphatic heterocycles. The van der Waals surface area contributed by atoms with Crippen LogP contribution in [0.1, 0.15) is 18.3 Å². The van der Waals surface area contributed by atoms with Crippen molar-refractivity contribution in [3.8, 4) is 5.75 Å². The fourth-order valence-corrected chi connectivity index (χ4v) is 3.28. The van der Waals surface area contributed by atoms with Crippen LogP contribution in [0.4, 0.5) is 11.4 Å². The Morgan fingerprint density at radius 2 is 1.63 bits per heavy atom. The highest BCUT2D eigenvalue weighted by atomic mass is 32.2. The van der Waals surface area contributed by atoms with Gasteiger partial charge < -0.3 is 19.9 Å². The number of aromatic nitrogens is 3. The molecule has 0 radical (unpaired) electrons. The molecule has 0 aliphatic carbocycles. The van der Waals surface area contributed by atoms with Crippen molar-refractivity contribution < 1.29 is 14.3 Å². The largest absolute Gasteiger partial charge is 0.486 e. The van der Waals surface area contributed by atoms with Gasteiger partial charge in [0.05, 0.1) is 5.75 Å². The molecule has 2 aromatic carbocycles. The van der Waals surface area contributed by atoms with E-state index in [0.29, 0.717) is 29.0 Å². The van der Waals surface area contributed by atoms with E-state index in [2.05, 4.69) is 20.8 Å². The zero-order valence-corrected chi connectivity index (χ0v) is 17.8. The second-order valence-electron chi connectivity index (χ2n) is 6.65. The number of ether oxygens (including phenoxy) is 1. The highest BCUT2D eigenvalue weighted by Crippen LogP contribution is 2.19. The first-order valence-corrected chi connectivity index (χ1v) is 10.3. The van der Waals surface area contributed by atoms with E-state index >= 15 is 0 Å². The van der Waals surface area contributed by atoms with Crippen molar-refractivity contribution in [3.05, 3.63) is 59.9 Å². The summed E-state index contributed by atoms with van der Waals surface area (Å²) in [7, 11) is 1.84. The number of nitrogens with one attached hydrogen (secondary N) is 2. The Bertz CT molecular complexity index is 1020. The number of hydrogen-bond donors (Lipinski definition) is 2. The van der Waals surface area contributed by atoms with Crippen LogP contribution in [0, 0.1) is 6.92 Å². The smallest absolute Gasteiger partial charge is 0.234 e. The molecular weight excluding hydrogens is 402 g/mol. The van der Waals surface area contributed by atoms with E-state index in [-0.39, 0.29) is 17.6 Å². The number of nitrogens with zero attached hydrogens (tertiary/aromatic N) is 3. The molecule has 0 saturated heterocycles. The Balaban J connectivity index is 1.49. The fourth-order valence-electron chi connectivity index (χ4n) is 2.55. The van der Waals surface area contributed by atoms with Gasteiger partial charge in [-0.25, -0.2) is 0 Å². The maximum Gasteiger partial charge on any atom is 0.234 e. The summed E-state index contributed by atoms with van der Waals surface area (Å²) in [6, 6.07) is 14.7. The standard InChI is InChI=1S/C21H23N5O3S/c1-14-4-10-18(11-5-14)29-12-19-24-25-21(26(19)3)30-13-20(28)23-17-8-6-16(7-9-17)22-15(2)27/h4-11H,12-13H2,1-3H3,(H,22,27)(H,23,28). The molecule has 2 amide bonds. The number of benzene rings is 2. The van der Waals surface area contributed by atoms with Crippen molar-refractivity contribution >= 4 is 35.0 Å². The maximum atomic E-state index is 12.2. The molecule has 1 heterocycles. The lowest BCUT2D eigenvalue weighted by Gasteiger charge is -2.08. The lowest BCUT2D eigenvalue weighted by Crippen LogP contribution is -2.14. The highest BCUT2D eigenvalue weighted by Gasteiger charge is 2.12. The van der Waals surface area contributed by atoms with Crippen LogP contribution in [0.2, 0.25) is 0 Å². The summed E-state index contributed by atoms with van der Waals surface area (Å²) in [5.41, 5.74) is 2.50. The van der Waals surface area contributed by atoms with Crippen LogP contribution in [-0.2, 0) is 23.2 Å². The fraction of sp³-hybridized carbons (Fsp3) is 0.238. The van der Waals surface area contributed by atoms with Crippen LogP contribution in [0.3, 0.4) is 0 Å². The number of carbonyl (C=O) groups is 2. The number of rotatable bonds is 8. The number of carbonyl (C=O) groups excluding carboxylic acids is 2. The molecule has 8 nitrogen and oxygen atoms in total. The predicted molar refractivity (Wildman–Crippen MR) is 117 cm³/mol. The average molecular weight is 426 g/mol. The first-order valence-electron chi connectivity index (χ1n) is 9.29. The number of thioether (sulfide) groups is 1. The average Bonchev–Trinajstić information content (AvgIpc) is 3.07. The van der Waals surface area contributed by atoms with Gasteiger partial charge in [0, 0.05) is 25.3 Å². The van der Waals surface area contributed by atoms with Gasteiger partial charge >= 0.3 is 0 Å². The minimum Gasteiger partial charge on any atom is -0.486 e. The summed E-state index contributed by atoms with van der Waals surface area (Å²) >= 11 is 1.30. The lowest BCUT2D eigenvalue weighted by atomic mass is 10.2. The molecule has 3 aromatic rings. The van der Waals surface area contributed by atoms with Gasteiger partial charge in [-0.05, 0) is 43.3 Å². The van der Waals surface area contributed by atoms with Crippen LogP contribution in [0.25, 0.3) is 0 Å². The first kappa shape index (κ1) is 21.4.